The molecule has 5 heteroatoms. The molecule has 0 spiro atoms. The predicted molar refractivity (Wildman–Crippen MR) is 131 cm³/mol. The van der Waals surface area contributed by atoms with Crippen LogP contribution in [0.2, 0.25) is 0 Å². The van der Waals surface area contributed by atoms with Gasteiger partial charge in [-0.1, -0.05) is 48.5 Å². The molecule has 1 saturated heterocycles. The van der Waals surface area contributed by atoms with Crippen LogP contribution in [0.4, 0.5) is 4.39 Å². The fraction of sp³-hybridized carbons (Fsp3) is 0.357. The third-order valence-corrected chi connectivity index (χ3v) is 6.89. The first-order valence-corrected chi connectivity index (χ1v) is 11.4. The van der Waals surface area contributed by atoms with Gasteiger partial charge in [0, 0.05) is 25.2 Å². The Balaban J connectivity index is 1.65. The van der Waals surface area contributed by atoms with Gasteiger partial charge in [-0.2, -0.15) is 0 Å². The lowest BCUT2D eigenvalue weighted by molar-refractivity contribution is 0.0133. The van der Waals surface area contributed by atoms with E-state index in [9.17, 15) is 4.39 Å². The summed E-state index contributed by atoms with van der Waals surface area (Å²) < 4.78 is 24.6. The Morgan fingerprint density at radius 3 is 2.21 bits per heavy atom. The van der Waals surface area contributed by atoms with Crippen molar-refractivity contribution < 1.29 is 13.9 Å². The number of ether oxygens (including phenoxy) is 2. The molecule has 4 nitrogen and oxygen atoms in total. The average Bonchev–Trinajstić information content (AvgIpc) is 2.83. The molecule has 174 valence electrons. The van der Waals surface area contributed by atoms with Crippen LogP contribution in [-0.2, 0) is 6.42 Å². The zero-order chi connectivity index (χ0) is 23.4. The summed E-state index contributed by atoms with van der Waals surface area (Å²) in [6.07, 6.45) is 0.880. The highest BCUT2D eigenvalue weighted by Gasteiger charge is 2.38. The van der Waals surface area contributed by atoms with Gasteiger partial charge >= 0.3 is 0 Å². The second kappa shape index (κ2) is 9.94. The van der Waals surface area contributed by atoms with Gasteiger partial charge in [0.05, 0.1) is 20.3 Å². The maximum atomic E-state index is 13.7. The molecular formula is C28H33FN2O2. The first-order chi connectivity index (χ1) is 15.9. The van der Waals surface area contributed by atoms with Gasteiger partial charge in [0.25, 0.3) is 0 Å². The number of hydrogen-bond acceptors (Lipinski definition) is 4. The summed E-state index contributed by atoms with van der Waals surface area (Å²) in [4.78, 5) is 4.98. The van der Waals surface area contributed by atoms with Gasteiger partial charge in [0.2, 0.25) is 0 Å². The van der Waals surface area contributed by atoms with Gasteiger partial charge in [-0.25, -0.2) is 4.39 Å². The van der Waals surface area contributed by atoms with Crippen molar-refractivity contribution >= 4 is 0 Å². The molecule has 0 amide bonds. The van der Waals surface area contributed by atoms with Crippen molar-refractivity contribution in [2.45, 2.75) is 24.9 Å². The third-order valence-electron chi connectivity index (χ3n) is 6.89. The van der Waals surface area contributed by atoms with Crippen LogP contribution in [0.1, 0.15) is 29.7 Å². The van der Waals surface area contributed by atoms with Crippen LogP contribution in [0.3, 0.4) is 0 Å². The normalized spacial score (nSPS) is 20.4. The number of rotatable bonds is 7. The second-order valence-electron chi connectivity index (χ2n) is 9.12. The Morgan fingerprint density at radius 2 is 1.55 bits per heavy atom. The van der Waals surface area contributed by atoms with Gasteiger partial charge in [-0.15, -0.1) is 0 Å². The fourth-order valence-corrected chi connectivity index (χ4v) is 4.92. The summed E-state index contributed by atoms with van der Waals surface area (Å²) in [5.74, 6) is 1.29. The Hall–Kier alpha value is -2.89. The highest BCUT2D eigenvalue weighted by Crippen LogP contribution is 2.36. The van der Waals surface area contributed by atoms with Crippen LogP contribution in [0.15, 0.2) is 72.8 Å². The molecule has 0 saturated carbocycles. The van der Waals surface area contributed by atoms with Crippen molar-refractivity contribution in [2.75, 3.05) is 40.9 Å². The molecule has 2 atom stereocenters. The topological polar surface area (TPSA) is 24.9 Å². The SMILES string of the molecule is COc1ccc(CC2(C)CN(C(c3ccccc3)c3ccc(F)cc3)CCN2C)cc1OC. The molecule has 0 aliphatic carbocycles. The molecule has 3 aromatic rings. The number of methoxy groups -OCH3 is 2. The second-order valence-corrected chi connectivity index (χ2v) is 9.12. The van der Waals surface area contributed by atoms with Crippen molar-refractivity contribution in [3.05, 3.63) is 95.3 Å². The van der Waals surface area contributed by atoms with E-state index in [2.05, 4.69) is 60.2 Å². The molecule has 1 aliphatic rings. The first-order valence-electron chi connectivity index (χ1n) is 11.4. The summed E-state index contributed by atoms with van der Waals surface area (Å²) in [5, 5.41) is 0. The van der Waals surface area contributed by atoms with Gasteiger partial charge in [-0.3, -0.25) is 9.80 Å². The minimum Gasteiger partial charge on any atom is -0.493 e. The lowest BCUT2D eigenvalue weighted by Gasteiger charge is -2.50. The van der Waals surface area contributed by atoms with Crippen LogP contribution in [0.25, 0.3) is 0 Å². The lowest BCUT2D eigenvalue weighted by Crippen LogP contribution is -2.60. The molecule has 1 aliphatic heterocycles. The number of piperazine rings is 1. The third kappa shape index (κ3) is 5.05. The highest BCUT2D eigenvalue weighted by molar-refractivity contribution is 5.43. The highest BCUT2D eigenvalue weighted by atomic mass is 19.1. The largest absolute Gasteiger partial charge is 0.493 e. The molecule has 1 fully saturated rings. The van der Waals surface area contributed by atoms with E-state index in [0.717, 1.165) is 43.1 Å². The number of halogens is 1. The number of likely N-dealkylation sites (N-methyl/N-ethyl adjacent to an activating group) is 1. The van der Waals surface area contributed by atoms with E-state index >= 15 is 0 Å². The van der Waals surface area contributed by atoms with Crippen LogP contribution < -0.4 is 9.47 Å². The smallest absolute Gasteiger partial charge is 0.160 e. The van der Waals surface area contributed by atoms with Gasteiger partial charge in [0.15, 0.2) is 11.5 Å². The Labute approximate surface area is 196 Å². The summed E-state index contributed by atoms with van der Waals surface area (Å²) in [6.45, 7) is 5.10. The first kappa shape index (κ1) is 23.3. The van der Waals surface area contributed by atoms with Crippen LogP contribution >= 0.6 is 0 Å². The maximum Gasteiger partial charge on any atom is 0.160 e. The molecule has 0 bridgehead atoms. The minimum absolute atomic E-state index is 0.0743. The van der Waals surface area contributed by atoms with Gasteiger partial charge < -0.3 is 9.47 Å². The van der Waals surface area contributed by atoms with E-state index in [-0.39, 0.29) is 17.4 Å². The molecule has 1 heterocycles. The molecule has 3 aromatic carbocycles. The van der Waals surface area contributed by atoms with Crippen LogP contribution in [-0.4, -0.2) is 56.2 Å². The predicted octanol–water partition coefficient (Wildman–Crippen LogP) is 5.18. The van der Waals surface area contributed by atoms with E-state index in [0.29, 0.717) is 0 Å². The molecule has 0 radical (unpaired) electrons. The fourth-order valence-electron chi connectivity index (χ4n) is 4.92. The summed E-state index contributed by atoms with van der Waals surface area (Å²) >= 11 is 0. The summed E-state index contributed by atoms with van der Waals surface area (Å²) in [5.41, 5.74) is 3.47. The quantitative estimate of drug-likeness (QED) is 0.497. The lowest BCUT2D eigenvalue weighted by atomic mass is 9.86. The van der Waals surface area contributed by atoms with Crippen molar-refractivity contribution in [1.82, 2.24) is 9.80 Å². The molecule has 33 heavy (non-hydrogen) atoms. The van der Waals surface area contributed by atoms with Crippen molar-refractivity contribution in [3.8, 4) is 11.5 Å². The van der Waals surface area contributed by atoms with E-state index < -0.39 is 0 Å². The van der Waals surface area contributed by atoms with Crippen LogP contribution in [0.5, 0.6) is 11.5 Å². The van der Waals surface area contributed by atoms with E-state index in [4.69, 9.17) is 9.47 Å². The van der Waals surface area contributed by atoms with Crippen molar-refractivity contribution in [2.24, 2.45) is 0 Å². The van der Waals surface area contributed by atoms with E-state index in [1.54, 1.807) is 26.4 Å². The zero-order valence-electron chi connectivity index (χ0n) is 19.9. The molecule has 0 aromatic heterocycles. The Morgan fingerprint density at radius 1 is 0.879 bits per heavy atom. The minimum atomic E-state index is -0.206. The van der Waals surface area contributed by atoms with E-state index in [1.807, 2.05) is 24.3 Å². The monoisotopic (exact) mass is 448 g/mol. The van der Waals surface area contributed by atoms with E-state index in [1.165, 1.54) is 11.1 Å². The molecule has 4 rings (SSSR count). The summed E-state index contributed by atoms with van der Waals surface area (Å²) in [6, 6.07) is 23.7. The summed E-state index contributed by atoms with van der Waals surface area (Å²) in [7, 11) is 5.53. The average molecular weight is 449 g/mol. The van der Waals surface area contributed by atoms with Crippen molar-refractivity contribution in [1.29, 1.82) is 0 Å². The van der Waals surface area contributed by atoms with Gasteiger partial charge in [-0.05, 0) is 61.3 Å². The molecular weight excluding hydrogens is 415 g/mol. The standard InChI is InChI=1S/C28H33FN2O2/c1-28(19-21-10-15-25(32-3)26(18-21)33-4)20-31(17-16-30(28)2)27(22-8-6-5-7-9-22)23-11-13-24(29)14-12-23/h5-15,18,27H,16-17,19-20H2,1-4H3. The number of nitrogens with zero attached hydrogens (tertiary/aromatic N) is 2. The zero-order valence-corrected chi connectivity index (χ0v) is 19.9. The van der Waals surface area contributed by atoms with Crippen LogP contribution in [0, 0.1) is 5.82 Å². The Kier molecular flexibility index (Phi) is 7.01. The van der Waals surface area contributed by atoms with Gasteiger partial charge in [0.1, 0.15) is 5.82 Å². The van der Waals surface area contributed by atoms with Crippen molar-refractivity contribution in [3.63, 3.8) is 0 Å². The molecule has 2 unspecified atom stereocenters. The Bertz CT molecular complexity index is 1060. The number of hydrogen-bond donors (Lipinski definition) is 0. The molecule has 0 N–H and O–H groups in total. The maximum absolute atomic E-state index is 13.7. The number of benzene rings is 3.